The van der Waals surface area contributed by atoms with Gasteiger partial charge < -0.3 is 28.3 Å². The maximum atomic E-state index is 13.1. The fourth-order valence-corrected chi connectivity index (χ4v) is 5.98. The molecule has 0 rings (SSSR count). The molecule has 0 heterocycles. The monoisotopic (exact) mass is 504 g/mol. The molecule has 0 aromatic heterocycles. The van der Waals surface area contributed by atoms with Crippen molar-refractivity contribution in [1.82, 2.24) is 0 Å². The van der Waals surface area contributed by atoms with Gasteiger partial charge in [-0.25, -0.2) is 0 Å². The van der Waals surface area contributed by atoms with Crippen LogP contribution in [0.1, 0.15) is 79.1 Å². The molecule has 2 unspecified atom stereocenters. The lowest BCUT2D eigenvalue weighted by Gasteiger charge is -2.30. The number of hydrogen-bond donors (Lipinski definition) is 2. The van der Waals surface area contributed by atoms with E-state index in [9.17, 15) is 19.3 Å². The maximum absolute atomic E-state index is 13.1. The average molecular weight is 504 g/mol. The second-order valence-corrected chi connectivity index (χ2v) is 11.2. The largest absolute Gasteiger partial charge is 0.378 e. The number of carbonyl (C=O) groups excluding carboxylic acids is 2. The standard InChI is InChI=1S/C18H40O8P2.C2H2O2/c1-5-9-13-23-27(21,24-14-10-6-2)17(19)18(20)28(22,25-15-11-7-3)26-16-12-8-4;3-1-2-4/h17-20H,5-16H2,1-4H3;1-2H. The summed E-state index contributed by atoms with van der Waals surface area (Å²) in [5, 5.41) is 21.2. The van der Waals surface area contributed by atoms with Crippen molar-refractivity contribution in [1.29, 1.82) is 0 Å². The topological polar surface area (TPSA) is 146 Å². The number of aldehydes is 2. The van der Waals surface area contributed by atoms with Gasteiger partial charge in [-0.1, -0.05) is 53.4 Å². The molecule has 0 saturated heterocycles. The highest BCUT2D eigenvalue weighted by molar-refractivity contribution is 7.58. The molecule has 0 aliphatic carbocycles. The normalized spacial score (nSPS) is 13.7. The van der Waals surface area contributed by atoms with E-state index in [0.29, 0.717) is 25.7 Å². The van der Waals surface area contributed by atoms with Crippen LogP contribution < -0.4 is 0 Å². The van der Waals surface area contributed by atoms with E-state index in [0.717, 1.165) is 25.7 Å². The summed E-state index contributed by atoms with van der Waals surface area (Å²) >= 11 is 0. The van der Waals surface area contributed by atoms with Crippen LogP contribution in [0.15, 0.2) is 0 Å². The van der Waals surface area contributed by atoms with Gasteiger partial charge in [0, 0.05) is 0 Å². The fraction of sp³-hybridized carbons (Fsp3) is 0.900. The minimum Gasteiger partial charge on any atom is -0.378 e. The summed E-state index contributed by atoms with van der Waals surface area (Å²) in [5.74, 6) is -4.04. The van der Waals surface area contributed by atoms with Crippen molar-refractivity contribution < 1.29 is 47.0 Å². The van der Waals surface area contributed by atoms with Crippen molar-refractivity contribution in [2.45, 2.75) is 90.8 Å². The van der Waals surface area contributed by atoms with E-state index in [2.05, 4.69) is 0 Å². The lowest BCUT2D eigenvalue weighted by Crippen LogP contribution is -2.30. The Morgan fingerprint density at radius 2 is 0.812 bits per heavy atom. The van der Waals surface area contributed by atoms with Crippen LogP contribution in [0.2, 0.25) is 0 Å². The number of aliphatic hydroxyl groups is 2. The molecular weight excluding hydrogens is 462 g/mol. The SMILES string of the molecule is CCCCOP(=O)(OCCCC)C(O)C(O)P(=O)(OCCCC)OCCCC.O=CC=O. The lowest BCUT2D eigenvalue weighted by molar-refractivity contribution is -0.122. The molecule has 192 valence electrons. The number of carbonyl (C=O) groups is 2. The first kappa shape index (κ1) is 33.7. The van der Waals surface area contributed by atoms with E-state index in [4.69, 9.17) is 27.7 Å². The molecule has 0 aromatic rings. The van der Waals surface area contributed by atoms with Crippen LogP contribution in [0.25, 0.3) is 0 Å². The van der Waals surface area contributed by atoms with Crippen molar-refractivity contribution in [3.8, 4) is 0 Å². The van der Waals surface area contributed by atoms with Crippen LogP contribution in [0, 0.1) is 0 Å². The van der Waals surface area contributed by atoms with Crippen LogP contribution in [-0.2, 0) is 36.8 Å². The Labute approximate surface area is 192 Å². The Hall–Kier alpha value is -0.440. The minimum atomic E-state index is -4.13. The van der Waals surface area contributed by atoms with E-state index in [1.54, 1.807) is 0 Å². The van der Waals surface area contributed by atoms with E-state index in [1.165, 1.54) is 0 Å². The highest BCUT2D eigenvalue weighted by Crippen LogP contribution is 2.62. The van der Waals surface area contributed by atoms with Gasteiger partial charge in [-0.15, -0.1) is 0 Å². The zero-order valence-electron chi connectivity index (χ0n) is 19.8. The summed E-state index contributed by atoms with van der Waals surface area (Å²) in [6.07, 6.45) is 6.03. The van der Waals surface area contributed by atoms with Crippen LogP contribution in [0.5, 0.6) is 0 Å². The third-order valence-electron chi connectivity index (χ3n) is 4.05. The van der Waals surface area contributed by atoms with E-state index in [-0.39, 0.29) is 39.0 Å². The van der Waals surface area contributed by atoms with Crippen LogP contribution in [0.3, 0.4) is 0 Å². The first-order valence-corrected chi connectivity index (χ1v) is 14.5. The van der Waals surface area contributed by atoms with E-state index >= 15 is 0 Å². The summed E-state index contributed by atoms with van der Waals surface area (Å²) in [6, 6.07) is 0. The summed E-state index contributed by atoms with van der Waals surface area (Å²) < 4.78 is 47.6. The highest BCUT2D eigenvalue weighted by atomic mass is 31.2. The molecule has 0 radical (unpaired) electrons. The van der Waals surface area contributed by atoms with Crippen molar-refractivity contribution in [3.05, 3.63) is 0 Å². The lowest BCUT2D eigenvalue weighted by atomic mass is 10.4. The predicted octanol–water partition coefficient (Wildman–Crippen LogP) is 4.66. The first-order chi connectivity index (χ1) is 15.2. The van der Waals surface area contributed by atoms with E-state index < -0.39 is 26.9 Å². The zero-order chi connectivity index (χ0) is 24.9. The summed E-state index contributed by atoms with van der Waals surface area (Å²) in [7, 11) is -8.25. The van der Waals surface area contributed by atoms with Crippen LogP contribution in [0.4, 0.5) is 0 Å². The van der Waals surface area contributed by atoms with Crippen molar-refractivity contribution in [3.63, 3.8) is 0 Å². The molecule has 2 N–H and O–H groups in total. The predicted molar refractivity (Wildman–Crippen MR) is 123 cm³/mol. The molecule has 0 amide bonds. The maximum Gasteiger partial charge on any atom is 0.362 e. The number of unbranched alkanes of at least 4 members (excludes halogenated alkanes) is 4. The van der Waals surface area contributed by atoms with Gasteiger partial charge in [-0.05, 0) is 25.7 Å². The molecule has 0 aliphatic heterocycles. The van der Waals surface area contributed by atoms with Gasteiger partial charge in [-0.3, -0.25) is 18.7 Å². The molecule has 2 atom stereocenters. The minimum absolute atomic E-state index is 0.0986. The number of hydrogen-bond acceptors (Lipinski definition) is 10. The third-order valence-corrected chi connectivity index (χ3v) is 8.31. The van der Waals surface area contributed by atoms with Crippen molar-refractivity contribution in [2.24, 2.45) is 0 Å². The van der Waals surface area contributed by atoms with Gasteiger partial charge in [0.1, 0.15) is 0 Å². The second-order valence-electron chi connectivity index (χ2n) is 6.93. The molecule has 32 heavy (non-hydrogen) atoms. The zero-order valence-corrected chi connectivity index (χ0v) is 21.6. The smallest absolute Gasteiger partial charge is 0.362 e. The Morgan fingerprint density at radius 3 is 0.969 bits per heavy atom. The van der Waals surface area contributed by atoms with Crippen molar-refractivity contribution in [2.75, 3.05) is 26.4 Å². The van der Waals surface area contributed by atoms with Crippen molar-refractivity contribution >= 4 is 27.8 Å². The number of aliphatic hydroxyl groups excluding tert-OH is 2. The third kappa shape index (κ3) is 14.7. The Bertz CT molecular complexity index is 482. The molecule has 10 nitrogen and oxygen atoms in total. The molecule has 0 aromatic carbocycles. The number of rotatable bonds is 20. The summed E-state index contributed by atoms with van der Waals surface area (Å²) in [4.78, 5) is 17.6. The molecule has 12 heteroatoms. The highest BCUT2D eigenvalue weighted by Gasteiger charge is 2.49. The van der Waals surface area contributed by atoms with Crippen LogP contribution >= 0.6 is 15.2 Å². The summed E-state index contributed by atoms with van der Waals surface area (Å²) in [5.41, 5.74) is 0. The quantitative estimate of drug-likeness (QED) is 0.104. The van der Waals surface area contributed by atoms with Crippen LogP contribution in [-0.4, -0.2) is 60.9 Å². The Morgan fingerprint density at radius 1 is 0.594 bits per heavy atom. The molecular formula is C20H42O10P2. The average Bonchev–Trinajstić information content (AvgIpc) is 2.79. The molecule has 0 aliphatic rings. The molecule has 0 saturated carbocycles. The fourth-order valence-electron chi connectivity index (χ4n) is 2.05. The van der Waals surface area contributed by atoms with E-state index in [1.807, 2.05) is 27.7 Å². The molecule has 0 spiro atoms. The second kappa shape index (κ2) is 21.1. The van der Waals surface area contributed by atoms with Gasteiger partial charge in [0.25, 0.3) is 0 Å². The first-order valence-electron chi connectivity index (χ1n) is 11.2. The Balaban J connectivity index is 0. The van der Waals surface area contributed by atoms with Gasteiger partial charge in [0.05, 0.1) is 26.4 Å². The van der Waals surface area contributed by atoms with Gasteiger partial charge >= 0.3 is 15.2 Å². The Kier molecular flexibility index (Phi) is 22.3. The van der Waals surface area contributed by atoms with Gasteiger partial charge in [-0.2, -0.15) is 0 Å². The molecule has 0 bridgehead atoms. The molecule has 0 fully saturated rings. The van der Waals surface area contributed by atoms with Gasteiger partial charge in [0.15, 0.2) is 24.3 Å². The summed E-state index contributed by atoms with van der Waals surface area (Å²) in [6.45, 7) is 8.15. The van der Waals surface area contributed by atoms with Gasteiger partial charge in [0.2, 0.25) is 0 Å².